The zero-order valence-corrected chi connectivity index (χ0v) is 10.4. The number of methoxy groups -OCH3 is 1. The van der Waals surface area contributed by atoms with E-state index in [1.54, 1.807) is 7.11 Å². The van der Waals surface area contributed by atoms with E-state index in [9.17, 15) is 5.11 Å². The van der Waals surface area contributed by atoms with Gasteiger partial charge in [0.15, 0.2) is 0 Å². The van der Waals surface area contributed by atoms with Crippen LogP contribution in [0.3, 0.4) is 0 Å². The second-order valence-electron chi connectivity index (χ2n) is 4.37. The lowest BCUT2D eigenvalue weighted by atomic mass is 10.1. The van der Waals surface area contributed by atoms with Crippen molar-refractivity contribution in [2.45, 2.75) is 51.7 Å². The second-order valence-corrected chi connectivity index (χ2v) is 4.37. The van der Waals surface area contributed by atoms with Crippen LogP contribution in [0, 0.1) is 0 Å². The third kappa shape index (κ3) is 3.28. The molecule has 0 fully saturated rings. The van der Waals surface area contributed by atoms with Crippen LogP contribution in [0.5, 0.6) is 0 Å². The molecule has 0 spiro atoms. The number of hydrogen-bond donors (Lipinski definition) is 1. The van der Waals surface area contributed by atoms with E-state index in [-0.39, 0.29) is 0 Å². The Morgan fingerprint density at radius 1 is 1.50 bits per heavy atom. The van der Waals surface area contributed by atoms with Gasteiger partial charge >= 0.3 is 0 Å². The summed E-state index contributed by atoms with van der Waals surface area (Å²) >= 11 is 0. The molecule has 1 rings (SSSR count). The van der Waals surface area contributed by atoms with E-state index in [1.165, 1.54) is 0 Å². The van der Waals surface area contributed by atoms with Crippen molar-refractivity contribution in [1.29, 1.82) is 0 Å². The first-order valence-electron chi connectivity index (χ1n) is 5.56. The highest BCUT2D eigenvalue weighted by atomic mass is 16.5. The van der Waals surface area contributed by atoms with Crippen molar-refractivity contribution in [2.75, 3.05) is 7.11 Å². The number of aliphatic hydroxyl groups is 1. The van der Waals surface area contributed by atoms with Crippen LogP contribution in [0.15, 0.2) is 4.52 Å². The van der Waals surface area contributed by atoms with Crippen molar-refractivity contribution in [1.82, 2.24) is 10.1 Å². The highest BCUT2D eigenvalue weighted by Crippen LogP contribution is 2.20. The Bertz CT molecular complexity index is 323. The minimum atomic E-state index is -0.558. The Balaban J connectivity index is 2.65. The summed E-state index contributed by atoms with van der Waals surface area (Å²) in [6.07, 6.45) is 1.67. The van der Waals surface area contributed by atoms with E-state index < -0.39 is 11.7 Å². The zero-order chi connectivity index (χ0) is 12.2. The summed E-state index contributed by atoms with van der Waals surface area (Å²) in [5.41, 5.74) is -0.558. The van der Waals surface area contributed by atoms with Crippen LogP contribution in [0.25, 0.3) is 0 Å². The molecule has 0 aliphatic heterocycles. The van der Waals surface area contributed by atoms with Gasteiger partial charge in [-0.05, 0) is 20.3 Å². The summed E-state index contributed by atoms with van der Waals surface area (Å²) in [4.78, 5) is 4.21. The van der Waals surface area contributed by atoms with Crippen LogP contribution in [0.2, 0.25) is 0 Å². The molecule has 1 unspecified atom stereocenters. The Hall–Kier alpha value is -0.940. The highest BCUT2D eigenvalue weighted by Gasteiger charge is 2.26. The molecule has 0 saturated carbocycles. The molecule has 5 nitrogen and oxygen atoms in total. The molecule has 1 N–H and O–H groups in total. The molecule has 0 aromatic carbocycles. The van der Waals surface area contributed by atoms with Crippen molar-refractivity contribution in [3.63, 3.8) is 0 Å². The van der Waals surface area contributed by atoms with E-state index in [4.69, 9.17) is 9.26 Å². The fourth-order valence-electron chi connectivity index (χ4n) is 1.31. The second kappa shape index (κ2) is 5.41. The lowest BCUT2D eigenvalue weighted by molar-refractivity contribution is 0.00973. The fourth-order valence-corrected chi connectivity index (χ4v) is 1.31. The van der Waals surface area contributed by atoms with Gasteiger partial charge in [-0.25, -0.2) is 0 Å². The maximum absolute atomic E-state index is 9.61. The van der Waals surface area contributed by atoms with Gasteiger partial charge in [0.1, 0.15) is 5.60 Å². The minimum Gasteiger partial charge on any atom is -0.393 e. The summed E-state index contributed by atoms with van der Waals surface area (Å²) < 4.78 is 10.3. The van der Waals surface area contributed by atoms with Crippen molar-refractivity contribution in [3.05, 3.63) is 11.7 Å². The Morgan fingerprint density at radius 3 is 2.75 bits per heavy atom. The van der Waals surface area contributed by atoms with Crippen molar-refractivity contribution < 1.29 is 14.4 Å². The maximum atomic E-state index is 9.61. The SMILES string of the molecule is CCCC(O)Cc1nc(C(C)(C)OC)no1. The van der Waals surface area contributed by atoms with Crippen LogP contribution in [-0.2, 0) is 16.8 Å². The van der Waals surface area contributed by atoms with E-state index in [0.717, 1.165) is 12.8 Å². The van der Waals surface area contributed by atoms with Crippen LogP contribution in [0.1, 0.15) is 45.3 Å². The van der Waals surface area contributed by atoms with Crippen molar-refractivity contribution in [3.8, 4) is 0 Å². The lowest BCUT2D eigenvalue weighted by Crippen LogP contribution is -2.21. The van der Waals surface area contributed by atoms with Crippen LogP contribution >= 0.6 is 0 Å². The molecule has 1 aromatic rings. The van der Waals surface area contributed by atoms with Gasteiger partial charge in [0, 0.05) is 7.11 Å². The molecule has 0 amide bonds. The Kier molecular flexibility index (Phi) is 4.44. The van der Waals surface area contributed by atoms with Crippen LogP contribution in [-0.4, -0.2) is 28.5 Å². The summed E-state index contributed by atoms with van der Waals surface area (Å²) in [6.45, 7) is 5.75. The molecule has 1 atom stereocenters. The Morgan fingerprint density at radius 2 is 2.19 bits per heavy atom. The fraction of sp³-hybridized carbons (Fsp3) is 0.818. The smallest absolute Gasteiger partial charge is 0.229 e. The third-order valence-electron chi connectivity index (χ3n) is 2.55. The molecule has 0 aliphatic rings. The number of nitrogens with zero attached hydrogens (tertiary/aromatic N) is 2. The monoisotopic (exact) mass is 228 g/mol. The molecular weight excluding hydrogens is 208 g/mol. The number of aliphatic hydroxyl groups excluding tert-OH is 1. The van der Waals surface area contributed by atoms with Crippen molar-refractivity contribution >= 4 is 0 Å². The quantitative estimate of drug-likeness (QED) is 0.801. The molecule has 0 radical (unpaired) electrons. The standard InChI is InChI=1S/C11H20N2O3/c1-5-6-8(14)7-9-12-10(13-16-9)11(2,3)15-4/h8,14H,5-7H2,1-4H3. The average molecular weight is 228 g/mol. The molecule has 92 valence electrons. The first-order chi connectivity index (χ1) is 7.49. The number of aromatic nitrogens is 2. The summed E-state index contributed by atoms with van der Waals surface area (Å²) in [5.74, 6) is 0.967. The summed E-state index contributed by atoms with van der Waals surface area (Å²) in [6, 6.07) is 0. The third-order valence-corrected chi connectivity index (χ3v) is 2.55. The van der Waals surface area contributed by atoms with Gasteiger partial charge in [0.2, 0.25) is 11.7 Å². The van der Waals surface area contributed by atoms with E-state index >= 15 is 0 Å². The minimum absolute atomic E-state index is 0.403. The number of rotatable bonds is 6. The van der Waals surface area contributed by atoms with E-state index in [0.29, 0.717) is 18.1 Å². The predicted molar refractivity (Wildman–Crippen MR) is 59.0 cm³/mol. The molecule has 16 heavy (non-hydrogen) atoms. The topological polar surface area (TPSA) is 68.4 Å². The number of ether oxygens (including phenoxy) is 1. The highest BCUT2D eigenvalue weighted by molar-refractivity contribution is 4.97. The van der Waals surface area contributed by atoms with Gasteiger partial charge < -0.3 is 14.4 Å². The largest absolute Gasteiger partial charge is 0.393 e. The van der Waals surface area contributed by atoms with Gasteiger partial charge in [0.25, 0.3) is 0 Å². The summed E-state index contributed by atoms with van der Waals surface area (Å²) in [7, 11) is 1.60. The summed E-state index contributed by atoms with van der Waals surface area (Å²) in [5, 5.41) is 13.5. The maximum Gasteiger partial charge on any atom is 0.229 e. The van der Waals surface area contributed by atoms with Gasteiger partial charge in [0.05, 0.1) is 12.5 Å². The molecule has 1 heterocycles. The average Bonchev–Trinajstić information content (AvgIpc) is 2.67. The molecule has 1 aromatic heterocycles. The van der Waals surface area contributed by atoms with Crippen LogP contribution < -0.4 is 0 Å². The van der Waals surface area contributed by atoms with Crippen LogP contribution in [0.4, 0.5) is 0 Å². The molecule has 0 saturated heterocycles. The molecule has 0 aliphatic carbocycles. The lowest BCUT2D eigenvalue weighted by Gasteiger charge is -2.17. The molecule has 0 bridgehead atoms. The molecular formula is C11H20N2O3. The first-order valence-corrected chi connectivity index (χ1v) is 5.56. The van der Waals surface area contributed by atoms with E-state index in [1.807, 2.05) is 20.8 Å². The van der Waals surface area contributed by atoms with Gasteiger partial charge in [-0.1, -0.05) is 18.5 Å². The molecule has 5 heteroatoms. The Labute approximate surface area is 95.8 Å². The zero-order valence-electron chi connectivity index (χ0n) is 10.4. The van der Waals surface area contributed by atoms with Gasteiger partial charge in [-0.3, -0.25) is 0 Å². The van der Waals surface area contributed by atoms with E-state index in [2.05, 4.69) is 10.1 Å². The van der Waals surface area contributed by atoms with Gasteiger partial charge in [-0.15, -0.1) is 0 Å². The van der Waals surface area contributed by atoms with Gasteiger partial charge in [-0.2, -0.15) is 4.98 Å². The first kappa shape index (κ1) is 13.1. The number of hydrogen-bond acceptors (Lipinski definition) is 5. The van der Waals surface area contributed by atoms with Crippen molar-refractivity contribution in [2.24, 2.45) is 0 Å². The predicted octanol–water partition coefficient (Wildman–Crippen LogP) is 1.65. The normalized spacial score (nSPS) is 14.1.